The van der Waals surface area contributed by atoms with E-state index in [4.69, 9.17) is 16.6 Å². The lowest BCUT2D eigenvalue weighted by Gasteiger charge is -2.30. The lowest BCUT2D eigenvalue weighted by atomic mass is 9.83. The Labute approximate surface area is 228 Å². The molecule has 0 N–H and O–H groups in total. The molecular weight excluding hydrogens is 510 g/mol. The van der Waals surface area contributed by atoms with E-state index in [1.807, 2.05) is 53.1 Å². The van der Waals surface area contributed by atoms with E-state index in [1.54, 1.807) is 0 Å². The van der Waals surface area contributed by atoms with Gasteiger partial charge in [-0.05, 0) is 53.8 Å². The van der Waals surface area contributed by atoms with Gasteiger partial charge in [-0.2, -0.15) is 0 Å². The molecule has 0 saturated heterocycles. The third-order valence-electron chi connectivity index (χ3n) is 7.49. The van der Waals surface area contributed by atoms with Crippen molar-refractivity contribution >= 4 is 45.6 Å². The number of para-hydroxylation sites is 1. The molecule has 2 aliphatic rings. The Morgan fingerprint density at radius 3 is 2.66 bits per heavy atom. The van der Waals surface area contributed by atoms with E-state index in [0.717, 1.165) is 50.9 Å². The summed E-state index contributed by atoms with van der Waals surface area (Å²) < 4.78 is 4.73. The zero-order valence-corrected chi connectivity index (χ0v) is 22.2. The van der Waals surface area contributed by atoms with Gasteiger partial charge >= 0.3 is 0 Å². The second-order valence-corrected chi connectivity index (χ2v) is 11.2. The molecule has 186 valence electrons. The minimum Gasteiger partial charge on any atom is -0.343 e. The fourth-order valence-electron chi connectivity index (χ4n) is 5.79. The van der Waals surface area contributed by atoms with Crippen LogP contribution in [0.2, 0.25) is 5.02 Å². The number of halogens is 1. The smallest absolute Gasteiger partial charge is 0.271 e. The van der Waals surface area contributed by atoms with Crippen LogP contribution >= 0.6 is 22.9 Å². The van der Waals surface area contributed by atoms with Crippen LogP contribution in [0.25, 0.3) is 22.7 Å². The van der Waals surface area contributed by atoms with Gasteiger partial charge in [0.1, 0.15) is 0 Å². The monoisotopic (exact) mass is 533 g/mol. The van der Waals surface area contributed by atoms with E-state index in [0.29, 0.717) is 16.1 Å². The Bertz CT molecular complexity index is 1960. The van der Waals surface area contributed by atoms with Gasteiger partial charge in [0.05, 0.1) is 16.3 Å². The first kappa shape index (κ1) is 23.2. The fraction of sp³-hybridized carbons (Fsp3) is 0.125. The number of hydrogen-bond donors (Lipinski definition) is 0. The number of rotatable bonds is 4. The summed E-state index contributed by atoms with van der Waals surface area (Å²) in [7, 11) is 0. The molecule has 0 saturated carbocycles. The van der Waals surface area contributed by atoms with Gasteiger partial charge in [-0.1, -0.05) is 83.6 Å². The SMILES string of the molecule is C=CCn1cc(/C=c2/sc3n(c2=O)[C@@H](c2ccc(Cl)cc2)C2=C(N=3)c3ccccc3CC2)c2ccccc21. The highest BCUT2D eigenvalue weighted by molar-refractivity contribution is 7.07. The molecule has 7 rings (SSSR count). The summed E-state index contributed by atoms with van der Waals surface area (Å²) >= 11 is 7.70. The van der Waals surface area contributed by atoms with Crippen LogP contribution in [0.4, 0.5) is 0 Å². The molecule has 1 aliphatic heterocycles. The standard InChI is InChI=1S/C32H24ClN3OS/c1-2-17-35-19-22(24-8-5-6-10-27(24)35)18-28-31(37)36-30(21-11-14-23(33)15-12-21)26-16-13-20-7-3-4-9-25(20)29(26)34-32(36)38-28/h2-12,14-15,18-19,30H,1,13,16-17H2/b28-18+/t30-/m0/s1. The molecule has 2 aromatic heterocycles. The Kier molecular flexibility index (Phi) is 5.57. The van der Waals surface area contributed by atoms with Gasteiger partial charge in [0.2, 0.25) is 0 Å². The Balaban J connectivity index is 1.48. The van der Waals surface area contributed by atoms with E-state index in [-0.39, 0.29) is 11.6 Å². The molecule has 6 heteroatoms. The van der Waals surface area contributed by atoms with E-state index in [1.165, 1.54) is 22.5 Å². The molecule has 4 nitrogen and oxygen atoms in total. The van der Waals surface area contributed by atoms with Crippen LogP contribution in [0, 0.1) is 0 Å². The highest BCUT2D eigenvalue weighted by atomic mass is 35.5. The van der Waals surface area contributed by atoms with Gasteiger partial charge in [-0.15, -0.1) is 6.58 Å². The maximum Gasteiger partial charge on any atom is 0.271 e. The van der Waals surface area contributed by atoms with E-state index < -0.39 is 0 Å². The lowest BCUT2D eigenvalue weighted by molar-refractivity contribution is 0.585. The number of allylic oxidation sites excluding steroid dienone is 2. The number of fused-ring (bicyclic) bond motifs is 4. The van der Waals surface area contributed by atoms with Crippen molar-refractivity contribution in [2.24, 2.45) is 4.99 Å². The Morgan fingerprint density at radius 1 is 1.03 bits per heavy atom. The maximum atomic E-state index is 14.1. The van der Waals surface area contributed by atoms with E-state index in [9.17, 15) is 4.79 Å². The first-order valence-electron chi connectivity index (χ1n) is 12.7. The summed E-state index contributed by atoms with van der Waals surface area (Å²) in [4.78, 5) is 19.9. The van der Waals surface area contributed by atoms with Crippen LogP contribution in [0.3, 0.4) is 0 Å². The minimum absolute atomic E-state index is 0.0142. The summed E-state index contributed by atoms with van der Waals surface area (Å²) in [5, 5.41) is 1.79. The molecular formula is C32H24ClN3OS. The third kappa shape index (κ3) is 3.65. The Hall–Kier alpha value is -3.93. The normalized spacial score (nSPS) is 16.7. The van der Waals surface area contributed by atoms with E-state index in [2.05, 4.69) is 53.7 Å². The van der Waals surface area contributed by atoms with Crippen molar-refractivity contribution in [2.75, 3.05) is 0 Å². The van der Waals surface area contributed by atoms with Crippen molar-refractivity contribution in [3.05, 3.63) is 144 Å². The number of nitrogens with zero attached hydrogens (tertiary/aromatic N) is 3. The van der Waals surface area contributed by atoms with Crippen molar-refractivity contribution in [1.29, 1.82) is 0 Å². The van der Waals surface area contributed by atoms with Crippen LogP contribution in [0.5, 0.6) is 0 Å². The van der Waals surface area contributed by atoms with Crippen LogP contribution in [-0.2, 0) is 13.0 Å². The van der Waals surface area contributed by atoms with Crippen LogP contribution in [0.1, 0.15) is 34.7 Å². The van der Waals surface area contributed by atoms with Crippen molar-refractivity contribution < 1.29 is 0 Å². The largest absolute Gasteiger partial charge is 0.343 e. The highest BCUT2D eigenvalue weighted by Crippen LogP contribution is 2.41. The predicted molar refractivity (Wildman–Crippen MR) is 156 cm³/mol. The second-order valence-electron chi connectivity index (χ2n) is 9.71. The molecule has 0 fully saturated rings. The number of hydrogen-bond acceptors (Lipinski definition) is 3. The molecule has 0 amide bonds. The Morgan fingerprint density at radius 2 is 1.82 bits per heavy atom. The van der Waals surface area contributed by atoms with Gasteiger partial charge in [-0.25, -0.2) is 4.99 Å². The van der Waals surface area contributed by atoms with Crippen molar-refractivity contribution in [3.63, 3.8) is 0 Å². The summed E-state index contributed by atoms with van der Waals surface area (Å²) in [6.45, 7) is 4.61. The van der Waals surface area contributed by atoms with Crippen molar-refractivity contribution in [3.8, 4) is 0 Å². The molecule has 1 aliphatic carbocycles. The summed E-state index contributed by atoms with van der Waals surface area (Å²) in [5.41, 5.74) is 7.83. The number of thiazole rings is 1. The first-order valence-corrected chi connectivity index (χ1v) is 13.9. The molecule has 5 aromatic rings. The van der Waals surface area contributed by atoms with Crippen molar-refractivity contribution in [1.82, 2.24) is 9.13 Å². The molecule has 0 bridgehead atoms. The number of benzene rings is 3. The molecule has 0 radical (unpaired) electrons. The fourth-order valence-corrected chi connectivity index (χ4v) is 6.91. The minimum atomic E-state index is -0.212. The summed E-state index contributed by atoms with van der Waals surface area (Å²) in [6, 6.07) is 24.4. The molecule has 1 atom stereocenters. The van der Waals surface area contributed by atoms with Crippen LogP contribution in [-0.4, -0.2) is 9.13 Å². The zero-order valence-electron chi connectivity index (χ0n) is 20.6. The van der Waals surface area contributed by atoms with Gasteiger partial charge in [-0.3, -0.25) is 9.36 Å². The lowest BCUT2D eigenvalue weighted by Crippen LogP contribution is -2.38. The molecule has 0 spiro atoms. The molecule has 3 aromatic carbocycles. The van der Waals surface area contributed by atoms with Crippen molar-refractivity contribution in [2.45, 2.75) is 25.4 Å². The summed E-state index contributed by atoms with van der Waals surface area (Å²) in [5.74, 6) is 0. The molecule has 0 unspecified atom stereocenters. The third-order valence-corrected chi connectivity index (χ3v) is 8.73. The van der Waals surface area contributed by atoms with Crippen LogP contribution < -0.4 is 14.9 Å². The quantitative estimate of drug-likeness (QED) is 0.257. The van der Waals surface area contributed by atoms with Gasteiger partial charge in [0.15, 0.2) is 4.80 Å². The maximum absolute atomic E-state index is 14.1. The topological polar surface area (TPSA) is 39.3 Å². The predicted octanol–water partition coefficient (Wildman–Crippen LogP) is 6.11. The number of aryl methyl sites for hydroxylation is 1. The average molecular weight is 534 g/mol. The zero-order chi connectivity index (χ0) is 25.8. The van der Waals surface area contributed by atoms with Gasteiger partial charge in [0, 0.05) is 39.8 Å². The molecule has 3 heterocycles. The van der Waals surface area contributed by atoms with Gasteiger partial charge < -0.3 is 4.57 Å². The summed E-state index contributed by atoms with van der Waals surface area (Å²) in [6.07, 6.45) is 7.80. The van der Waals surface area contributed by atoms with Crippen LogP contribution in [0.15, 0.2) is 107 Å². The average Bonchev–Trinajstić information content (AvgIpc) is 3.45. The second kappa shape index (κ2) is 9.12. The van der Waals surface area contributed by atoms with E-state index >= 15 is 0 Å². The van der Waals surface area contributed by atoms with Gasteiger partial charge in [0.25, 0.3) is 5.56 Å². The number of aromatic nitrogens is 2. The first-order chi connectivity index (χ1) is 18.6. The molecule has 38 heavy (non-hydrogen) atoms. The highest BCUT2D eigenvalue weighted by Gasteiger charge is 2.32.